The van der Waals surface area contributed by atoms with E-state index in [-0.39, 0.29) is 11.8 Å². The summed E-state index contributed by atoms with van der Waals surface area (Å²) in [6.07, 6.45) is 0.340. The van der Waals surface area contributed by atoms with Crippen LogP contribution >= 0.6 is 0 Å². The van der Waals surface area contributed by atoms with Gasteiger partial charge in [-0.25, -0.2) is 4.68 Å². The number of rotatable bonds is 4. The van der Waals surface area contributed by atoms with Crippen molar-refractivity contribution in [3.8, 4) is 22.7 Å². The zero-order valence-electron chi connectivity index (χ0n) is 17.5. The largest absolute Gasteiger partial charge is 0.496 e. The highest BCUT2D eigenvalue weighted by atomic mass is 16.5. The molecule has 0 saturated carbocycles. The van der Waals surface area contributed by atoms with E-state index in [1.807, 2.05) is 71.4 Å². The van der Waals surface area contributed by atoms with Crippen molar-refractivity contribution in [2.24, 2.45) is 0 Å². The Morgan fingerprint density at radius 3 is 2.42 bits per heavy atom. The quantitative estimate of drug-likeness (QED) is 0.496. The van der Waals surface area contributed by atoms with Gasteiger partial charge in [-0.1, -0.05) is 66.2 Å². The number of nitrogens with one attached hydrogen (secondary N) is 1. The molecule has 5 rings (SSSR count). The minimum absolute atomic E-state index is 0.0312. The van der Waals surface area contributed by atoms with Crippen molar-refractivity contribution in [2.75, 3.05) is 12.4 Å². The molecule has 1 N–H and O–H groups in total. The Kier molecular flexibility index (Phi) is 4.79. The Balaban J connectivity index is 1.78. The van der Waals surface area contributed by atoms with Crippen LogP contribution in [0.15, 0.2) is 78.9 Å². The van der Waals surface area contributed by atoms with Gasteiger partial charge in [-0.15, -0.1) is 0 Å². The Labute approximate surface area is 181 Å². The molecule has 1 atom stereocenters. The summed E-state index contributed by atoms with van der Waals surface area (Å²) in [5.74, 6) is 1.30. The molecule has 0 spiro atoms. The molecule has 0 saturated heterocycles. The summed E-state index contributed by atoms with van der Waals surface area (Å²) in [6.45, 7) is 2.05. The number of para-hydroxylation sites is 1. The van der Waals surface area contributed by atoms with E-state index in [1.165, 1.54) is 5.56 Å². The number of benzene rings is 3. The van der Waals surface area contributed by atoms with Crippen molar-refractivity contribution in [3.05, 3.63) is 95.6 Å². The summed E-state index contributed by atoms with van der Waals surface area (Å²) in [5, 5.41) is 8.08. The molecule has 3 aromatic carbocycles. The van der Waals surface area contributed by atoms with Crippen molar-refractivity contribution in [2.45, 2.75) is 19.3 Å². The lowest BCUT2D eigenvalue weighted by atomic mass is 9.84. The number of hydrogen-bond acceptors (Lipinski definition) is 3. The van der Waals surface area contributed by atoms with Crippen LogP contribution in [0, 0.1) is 6.92 Å². The molecule has 154 valence electrons. The van der Waals surface area contributed by atoms with Gasteiger partial charge < -0.3 is 10.1 Å². The number of methoxy groups -OCH3 is 1. The Morgan fingerprint density at radius 1 is 0.968 bits per heavy atom. The number of anilines is 1. The first-order valence-electron chi connectivity index (χ1n) is 10.3. The van der Waals surface area contributed by atoms with Crippen LogP contribution in [0.25, 0.3) is 16.9 Å². The molecule has 1 amide bonds. The first kappa shape index (κ1) is 19.1. The molecule has 0 unspecified atom stereocenters. The second kappa shape index (κ2) is 7.76. The molecule has 4 aromatic rings. The van der Waals surface area contributed by atoms with Crippen LogP contribution in [0.3, 0.4) is 0 Å². The molecule has 1 aliphatic heterocycles. The number of ether oxygens (including phenoxy) is 1. The van der Waals surface area contributed by atoms with E-state index >= 15 is 0 Å². The van der Waals surface area contributed by atoms with Crippen molar-refractivity contribution >= 4 is 11.7 Å². The molecule has 1 aliphatic rings. The highest BCUT2D eigenvalue weighted by Gasteiger charge is 2.35. The van der Waals surface area contributed by atoms with Crippen LogP contribution in [0.2, 0.25) is 0 Å². The van der Waals surface area contributed by atoms with E-state index in [2.05, 4.69) is 24.4 Å². The summed E-state index contributed by atoms with van der Waals surface area (Å²) < 4.78 is 7.48. The zero-order valence-corrected chi connectivity index (χ0v) is 17.5. The molecule has 31 heavy (non-hydrogen) atoms. The average Bonchev–Trinajstić information content (AvgIpc) is 3.19. The summed E-state index contributed by atoms with van der Waals surface area (Å²) in [4.78, 5) is 12.8. The van der Waals surface area contributed by atoms with Crippen molar-refractivity contribution < 1.29 is 9.53 Å². The monoisotopic (exact) mass is 409 g/mol. The lowest BCUT2D eigenvalue weighted by Gasteiger charge is -2.26. The van der Waals surface area contributed by atoms with Gasteiger partial charge in [-0.3, -0.25) is 4.79 Å². The van der Waals surface area contributed by atoms with Gasteiger partial charge in [0.1, 0.15) is 11.6 Å². The number of carbonyl (C=O) groups is 1. The van der Waals surface area contributed by atoms with Crippen LogP contribution in [-0.2, 0) is 4.79 Å². The molecule has 0 radical (unpaired) electrons. The predicted octanol–water partition coefficient (Wildman–Crippen LogP) is 5.33. The Bertz CT molecular complexity index is 1240. The number of aromatic nitrogens is 2. The molecule has 0 fully saturated rings. The maximum Gasteiger partial charge on any atom is 0.226 e. The highest BCUT2D eigenvalue weighted by molar-refractivity contribution is 5.96. The second-order valence-corrected chi connectivity index (χ2v) is 7.77. The topological polar surface area (TPSA) is 56.1 Å². The van der Waals surface area contributed by atoms with Gasteiger partial charge in [0.15, 0.2) is 0 Å². The maximum atomic E-state index is 12.8. The molecular weight excluding hydrogens is 386 g/mol. The number of fused-ring (bicyclic) bond motifs is 1. The van der Waals surface area contributed by atoms with Gasteiger partial charge in [0.2, 0.25) is 5.91 Å². The highest BCUT2D eigenvalue weighted by Crippen LogP contribution is 2.45. The fourth-order valence-electron chi connectivity index (χ4n) is 4.25. The Hall–Kier alpha value is -3.86. The van der Waals surface area contributed by atoms with Crippen LogP contribution in [-0.4, -0.2) is 22.8 Å². The SMILES string of the molecule is COc1ccccc1[C@H]1CC(=O)Nc2c1c(-c1ccccc1)nn2-c1ccc(C)cc1. The predicted molar refractivity (Wildman–Crippen MR) is 122 cm³/mol. The van der Waals surface area contributed by atoms with Crippen molar-refractivity contribution in [3.63, 3.8) is 0 Å². The number of aryl methyl sites for hydroxylation is 1. The first-order valence-corrected chi connectivity index (χ1v) is 10.3. The third kappa shape index (κ3) is 3.38. The third-order valence-corrected chi connectivity index (χ3v) is 5.76. The smallest absolute Gasteiger partial charge is 0.226 e. The normalized spacial score (nSPS) is 15.3. The summed E-state index contributed by atoms with van der Waals surface area (Å²) in [7, 11) is 1.66. The van der Waals surface area contributed by atoms with Gasteiger partial charge in [0, 0.05) is 29.0 Å². The Morgan fingerprint density at radius 2 is 1.68 bits per heavy atom. The molecular formula is C26H23N3O2. The summed E-state index contributed by atoms with van der Waals surface area (Å²) in [5.41, 5.74) is 5.96. The van der Waals surface area contributed by atoms with E-state index in [9.17, 15) is 4.79 Å². The molecule has 5 nitrogen and oxygen atoms in total. The minimum Gasteiger partial charge on any atom is -0.496 e. The van der Waals surface area contributed by atoms with E-state index < -0.39 is 0 Å². The number of carbonyl (C=O) groups excluding carboxylic acids is 1. The van der Waals surface area contributed by atoms with Gasteiger partial charge in [-0.05, 0) is 25.1 Å². The first-order chi connectivity index (χ1) is 15.2. The standard InChI is InChI=1S/C26H23N3O2/c1-17-12-14-19(15-13-17)29-26-24(25(28-29)18-8-4-3-5-9-18)21(16-23(30)27-26)20-10-6-7-11-22(20)31-2/h3-15,21H,16H2,1-2H3,(H,27,30)/t21-/m1/s1. The van der Waals surface area contributed by atoms with Crippen LogP contribution in [0.4, 0.5) is 5.82 Å². The number of amides is 1. The average molecular weight is 409 g/mol. The van der Waals surface area contributed by atoms with Gasteiger partial charge in [-0.2, -0.15) is 5.10 Å². The summed E-state index contributed by atoms with van der Waals surface area (Å²) >= 11 is 0. The maximum absolute atomic E-state index is 12.8. The van der Waals surface area contributed by atoms with Crippen LogP contribution in [0.1, 0.15) is 29.0 Å². The van der Waals surface area contributed by atoms with Crippen LogP contribution in [0.5, 0.6) is 5.75 Å². The van der Waals surface area contributed by atoms with Crippen molar-refractivity contribution in [1.29, 1.82) is 0 Å². The minimum atomic E-state index is -0.158. The number of hydrogen-bond donors (Lipinski definition) is 1. The van der Waals surface area contributed by atoms with Gasteiger partial charge >= 0.3 is 0 Å². The fourth-order valence-corrected chi connectivity index (χ4v) is 4.25. The van der Waals surface area contributed by atoms with E-state index in [0.717, 1.165) is 39.6 Å². The van der Waals surface area contributed by atoms with E-state index in [1.54, 1.807) is 7.11 Å². The fraction of sp³-hybridized carbons (Fsp3) is 0.154. The molecule has 5 heteroatoms. The molecule has 0 aliphatic carbocycles. The summed E-state index contributed by atoms with van der Waals surface area (Å²) in [6, 6.07) is 26.2. The molecule has 1 aromatic heterocycles. The lowest BCUT2D eigenvalue weighted by molar-refractivity contribution is -0.116. The third-order valence-electron chi connectivity index (χ3n) is 5.76. The van der Waals surface area contributed by atoms with Crippen LogP contribution < -0.4 is 10.1 Å². The number of nitrogens with zero attached hydrogens (tertiary/aromatic N) is 2. The van der Waals surface area contributed by atoms with Crippen molar-refractivity contribution in [1.82, 2.24) is 9.78 Å². The molecule has 0 bridgehead atoms. The van der Waals surface area contributed by atoms with E-state index in [4.69, 9.17) is 9.84 Å². The lowest BCUT2D eigenvalue weighted by Crippen LogP contribution is -2.25. The zero-order chi connectivity index (χ0) is 21.4. The van der Waals surface area contributed by atoms with Gasteiger partial charge in [0.25, 0.3) is 0 Å². The second-order valence-electron chi connectivity index (χ2n) is 7.77. The molecule has 2 heterocycles. The van der Waals surface area contributed by atoms with Gasteiger partial charge in [0.05, 0.1) is 18.5 Å². The van der Waals surface area contributed by atoms with E-state index in [0.29, 0.717) is 6.42 Å².